The maximum absolute atomic E-state index is 12.6. The van der Waals surface area contributed by atoms with Crippen LogP contribution in [0.4, 0.5) is 11.4 Å². The highest BCUT2D eigenvalue weighted by Crippen LogP contribution is 2.31. The van der Waals surface area contributed by atoms with Crippen LogP contribution in [0.1, 0.15) is 12.0 Å². The fraction of sp³-hybridized carbons (Fsp3) is 0.300. The average molecular weight is 418 g/mol. The summed E-state index contributed by atoms with van der Waals surface area (Å²) in [5, 5.41) is 2.65. The molecule has 0 saturated heterocycles. The van der Waals surface area contributed by atoms with Crippen LogP contribution in [0.25, 0.3) is 0 Å². The Kier molecular flexibility index (Phi) is 5.78. The van der Waals surface area contributed by atoms with Gasteiger partial charge in [-0.1, -0.05) is 0 Å². The van der Waals surface area contributed by atoms with Crippen molar-refractivity contribution in [2.24, 2.45) is 0 Å². The molecular formula is C20H22N2O6S. The van der Waals surface area contributed by atoms with E-state index in [2.05, 4.69) is 5.32 Å². The molecule has 2 amide bonds. The molecule has 1 aliphatic heterocycles. The second kappa shape index (κ2) is 8.12. The topological polar surface area (TPSA) is 102 Å². The van der Waals surface area contributed by atoms with Gasteiger partial charge in [0.25, 0.3) is 0 Å². The number of rotatable bonds is 7. The Hall–Kier alpha value is -3.07. The number of nitrogens with one attached hydrogen (secondary N) is 1. The zero-order valence-corrected chi connectivity index (χ0v) is 17.2. The smallest absolute Gasteiger partial charge is 0.231 e. The molecular weight excluding hydrogens is 396 g/mol. The number of ether oxygens (including phenoxy) is 2. The molecule has 0 unspecified atom stereocenters. The Morgan fingerprint density at radius 2 is 1.90 bits per heavy atom. The molecule has 0 atom stereocenters. The van der Waals surface area contributed by atoms with E-state index in [-0.39, 0.29) is 29.4 Å². The number of fused-ring (bicyclic) bond motifs is 1. The van der Waals surface area contributed by atoms with Crippen LogP contribution in [0.2, 0.25) is 0 Å². The molecule has 0 radical (unpaired) electrons. The lowest BCUT2D eigenvalue weighted by Crippen LogP contribution is -2.20. The first-order valence-corrected chi connectivity index (χ1v) is 10.5. The van der Waals surface area contributed by atoms with E-state index >= 15 is 0 Å². The van der Waals surface area contributed by atoms with Crippen molar-refractivity contribution in [3.05, 3.63) is 42.0 Å². The highest BCUT2D eigenvalue weighted by molar-refractivity contribution is 7.91. The molecule has 1 N–H and O–H groups in total. The van der Waals surface area contributed by atoms with Crippen molar-refractivity contribution < 1.29 is 27.5 Å². The van der Waals surface area contributed by atoms with Crippen molar-refractivity contribution in [1.82, 2.24) is 0 Å². The number of benzene rings is 2. The highest BCUT2D eigenvalue weighted by atomic mass is 32.2. The Morgan fingerprint density at radius 3 is 2.59 bits per heavy atom. The number of anilines is 2. The van der Waals surface area contributed by atoms with Crippen LogP contribution in [-0.2, 0) is 25.8 Å². The Balaban J connectivity index is 1.67. The normalized spacial score (nSPS) is 13.2. The number of carbonyl (C=O) groups is 2. The van der Waals surface area contributed by atoms with Crippen LogP contribution >= 0.6 is 0 Å². The van der Waals surface area contributed by atoms with Crippen LogP contribution in [-0.4, -0.2) is 47.3 Å². The highest BCUT2D eigenvalue weighted by Gasteiger charge is 2.26. The Labute approximate surface area is 169 Å². The van der Waals surface area contributed by atoms with Gasteiger partial charge in [0.1, 0.15) is 11.5 Å². The molecule has 1 heterocycles. The monoisotopic (exact) mass is 418 g/mol. The SMILES string of the molecule is COc1ccc(NC(=O)CCS(=O)(=O)c2ccc3c(c2)CC(=O)N3C)c(OC)c1. The molecule has 9 heteroatoms. The van der Waals surface area contributed by atoms with Gasteiger partial charge in [0.05, 0.1) is 37.0 Å². The lowest BCUT2D eigenvalue weighted by atomic mass is 10.2. The van der Waals surface area contributed by atoms with Crippen LogP contribution in [0.5, 0.6) is 11.5 Å². The Bertz CT molecular complexity index is 1060. The van der Waals surface area contributed by atoms with Crippen molar-refractivity contribution >= 4 is 33.0 Å². The average Bonchev–Trinajstić information content (AvgIpc) is 3.00. The number of hydrogen-bond acceptors (Lipinski definition) is 6. The van der Waals surface area contributed by atoms with Crippen molar-refractivity contribution in [2.45, 2.75) is 17.7 Å². The molecule has 0 spiro atoms. The minimum absolute atomic E-state index is 0.0811. The van der Waals surface area contributed by atoms with Crippen molar-refractivity contribution in [3.63, 3.8) is 0 Å². The molecule has 154 valence electrons. The van der Waals surface area contributed by atoms with Gasteiger partial charge in [-0.25, -0.2) is 8.42 Å². The first-order valence-electron chi connectivity index (χ1n) is 8.89. The quantitative estimate of drug-likeness (QED) is 0.738. The largest absolute Gasteiger partial charge is 0.497 e. The van der Waals surface area contributed by atoms with Gasteiger partial charge in [-0.05, 0) is 35.9 Å². The number of likely N-dealkylation sites (N-methyl/N-ethyl adjacent to an activating group) is 1. The minimum atomic E-state index is -3.67. The number of carbonyl (C=O) groups excluding carboxylic acids is 2. The third-order valence-corrected chi connectivity index (χ3v) is 6.48. The van der Waals surface area contributed by atoms with E-state index < -0.39 is 15.7 Å². The fourth-order valence-electron chi connectivity index (χ4n) is 3.10. The second-order valence-corrected chi connectivity index (χ2v) is 8.71. The van der Waals surface area contributed by atoms with Gasteiger partial charge in [0, 0.05) is 25.2 Å². The van der Waals surface area contributed by atoms with Gasteiger partial charge < -0.3 is 19.7 Å². The molecule has 0 fully saturated rings. The molecule has 0 saturated carbocycles. The zero-order chi connectivity index (χ0) is 21.2. The van der Waals surface area contributed by atoms with Crippen molar-refractivity contribution in [1.29, 1.82) is 0 Å². The summed E-state index contributed by atoms with van der Waals surface area (Å²) in [6, 6.07) is 9.50. The number of nitrogens with zero attached hydrogens (tertiary/aromatic N) is 1. The lowest BCUT2D eigenvalue weighted by Gasteiger charge is -2.12. The van der Waals surface area contributed by atoms with Gasteiger partial charge >= 0.3 is 0 Å². The molecule has 0 bridgehead atoms. The minimum Gasteiger partial charge on any atom is -0.497 e. The van der Waals surface area contributed by atoms with E-state index in [1.807, 2.05) is 0 Å². The van der Waals surface area contributed by atoms with Gasteiger partial charge in [0.15, 0.2) is 9.84 Å². The fourth-order valence-corrected chi connectivity index (χ4v) is 4.39. The molecule has 0 aromatic heterocycles. The first kappa shape index (κ1) is 20.7. The van der Waals surface area contributed by atoms with E-state index in [1.165, 1.54) is 31.3 Å². The Morgan fingerprint density at radius 1 is 1.14 bits per heavy atom. The third-order valence-electron chi connectivity index (χ3n) is 4.77. The van der Waals surface area contributed by atoms with Gasteiger partial charge in [-0.2, -0.15) is 0 Å². The lowest BCUT2D eigenvalue weighted by molar-refractivity contribution is -0.117. The predicted molar refractivity (Wildman–Crippen MR) is 108 cm³/mol. The van der Waals surface area contributed by atoms with Crippen molar-refractivity contribution in [3.8, 4) is 11.5 Å². The molecule has 3 rings (SSSR count). The van der Waals surface area contributed by atoms with E-state index in [4.69, 9.17) is 9.47 Å². The number of hydrogen-bond donors (Lipinski definition) is 1. The second-order valence-electron chi connectivity index (χ2n) is 6.60. The summed E-state index contributed by atoms with van der Waals surface area (Å²) >= 11 is 0. The van der Waals surface area contributed by atoms with Gasteiger partial charge in [-0.15, -0.1) is 0 Å². The van der Waals surface area contributed by atoms with Crippen LogP contribution in [0.3, 0.4) is 0 Å². The third kappa shape index (κ3) is 4.34. The summed E-state index contributed by atoms with van der Waals surface area (Å²) < 4.78 is 35.6. The molecule has 29 heavy (non-hydrogen) atoms. The van der Waals surface area contributed by atoms with E-state index in [0.717, 1.165) is 0 Å². The van der Waals surface area contributed by atoms with Crippen molar-refractivity contribution in [2.75, 3.05) is 37.2 Å². The zero-order valence-electron chi connectivity index (χ0n) is 16.4. The molecule has 0 aliphatic carbocycles. The summed E-state index contributed by atoms with van der Waals surface area (Å²) in [6.45, 7) is 0. The maximum atomic E-state index is 12.6. The maximum Gasteiger partial charge on any atom is 0.231 e. The summed E-state index contributed by atoms with van der Waals surface area (Å²) in [5.74, 6) is 0.103. The number of sulfone groups is 1. The van der Waals surface area contributed by atoms with Crippen LogP contribution in [0.15, 0.2) is 41.3 Å². The molecule has 8 nitrogen and oxygen atoms in total. The first-order chi connectivity index (χ1) is 13.7. The number of amides is 2. The molecule has 1 aliphatic rings. The van der Waals surface area contributed by atoms with E-state index in [1.54, 1.807) is 31.3 Å². The van der Waals surface area contributed by atoms with E-state index in [0.29, 0.717) is 28.4 Å². The predicted octanol–water partition coefficient (Wildman–Crippen LogP) is 2.03. The van der Waals surface area contributed by atoms with Crippen LogP contribution < -0.4 is 19.7 Å². The molecule has 2 aromatic carbocycles. The van der Waals surface area contributed by atoms with Gasteiger partial charge in [0.2, 0.25) is 11.8 Å². The number of methoxy groups -OCH3 is 2. The van der Waals surface area contributed by atoms with Crippen LogP contribution in [0, 0.1) is 0 Å². The summed E-state index contributed by atoms with van der Waals surface area (Å²) in [7, 11) is 0.962. The summed E-state index contributed by atoms with van der Waals surface area (Å²) in [4.78, 5) is 25.7. The van der Waals surface area contributed by atoms with Gasteiger partial charge in [-0.3, -0.25) is 9.59 Å². The summed E-state index contributed by atoms with van der Waals surface area (Å²) in [6.07, 6.45) is -0.0413. The molecule has 2 aromatic rings. The summed E-state index contributed by atoms with van der Waals surface area (Å²) in [5.41, 5.74) is 1.80. The van der Waals surface area contributed by atoms with E-state index in [9.17, 15) is 18.0 Å². The standard InChI is InChI=1S/C20H22N2O6S/c1-22-17-7-5-15(10-13(17)11-20(22)24)29(25,26)9-8-19(23)21-16-6-4-14(27-2)12-18(16)28-3/h4-7,10,12H,8-9,11H2,1-3H3,(H,21,23).